The molecule has 8 heteroatoms. The van der Waals surface area contributed by atoms with Crippen molar-refractivity contribution in [1.29, 1.82) is 0 Å². The van der Waals surface area contributed by atoms with Crippen LogP contribution >= 0.6 is 11.8 Å². The molecule has 2 aliphatic rings. The zero-order valence-electron chi connectivity index (χ0n) is 13.6. The molecule has 1 saturated carbocycles. The van der Waals surface area contributed by atoms with Crippen molar-refractivity contribution in [2.75, 3.05) is 25.3 Å². The van der Waals surface area contributed by atoms with E-state index in [1.165, 1.54) is 13.3 Å². The van der Waals surface area contributed by atoms with E-state index in [4.69, 9.17) is 4.74 Å². The van der Waals surface area contributed by atoms with E-state index in [0.29, 0.717) is 12.4 Å². The zero-order valence-corrected chi connectivity index (χ0v) is 14.4. The number of fused-ring (bicyclic) bond motifs is 1. The van der Waals surface area contributed by atoms with E-state index in [1.54, 1.807) is 21.2 Å². The van der Waals surface area contributed by atoms with Crippen LogP contribution in [0.2, 0.25) is 0 Å². The number of methoxy groups -OCH3 is 1. The Balaban J connectivity index is 2.01. The molecule has 1 amide bonds. The summed E-state index contributed by atoms with van der Waals surface area (Å²) in [5.41, 5.74) is -0.387. The largest absolute Gasteiger partial charge is 0.491 e. The molecule has 1 aromatic heterocycles. The third kappa shape index (κ3) is 2.59. The molecule has 2 fully saturated rings. The molecule has 0 N–H and O–H groups in total. The zero-order chi connectivity index (χ0) is 17.7. The Labute approximate surface area is 146 Å². The molecule has 132 valence electrons. The molecule has 25 heavy (non-hydrogen) atoms. The lowest BCUT2D eigenvalue weighted by Gasteiger charge is -2.18. The Hall–Kier alpha value is -2.09. The summed E-state index contributed by atoms with van der Waals surface area (Å²) in [5.74, 6) is -1.60. The fourth-order valence-corrected chi connectivity index (χ4v) is 4.10. The lowest BCUT2D eigenvalue weighted by molar-refractivity contribution is 0.0801. The number of hydrogen-bond donors (Lipinski definition) is 0. The van der Waals surface area contributed by atoms with Crippen molar-refractivity contribution in [3.8, 4) is 5.75 Å². The highest BCUT2D eigenvalue weighted by atomic mass is 32.2. The van der Waals surface area contributed by atoms with Gasteiger partial charge in [-0.05, 0) is 18.9 Å². The maximum absolute atomic E-state index is 14.1. The van der Waals surface area contributed by atoms with E-state index in [-0.39, 0.29) is 34.2 Å². The van der Waals surface area contributed by atoms with E-state index in [1.807, 2.05) is 0 Å². The third-order valence-electron chi connectivity index (χ3n) is 4.58. The van der Waals surface area contributed by atoms with Gasteiger partial charge in [0, 0.05) is 24.5 Å². The minimum Gasteiger partial charge on any atom is -0.491 e. The molecule has 4 rings (SSSR count). The first kappa shape index (κ1) is 16.4. The highest BCUT2D eigenvalue weighted by Gasteiger charge is 2.31. The standard InChI is InChI=1S/C17H16F2N2O3S/c1-24-16-13(19)12(18)6-10-14(16)21(9-2-3-9)7-11(15(10)22)17(23)20-4-5-25-8-20/h6-7,9H,2-5,8H2,1H3. The van der Waals surface area contributed by atoms with Gasteiger partial charge in [-0.1, -0.05) is 0 Å². The Kier molecular flexibility index (Phi) is 3.94. The first-order valence-electron chi connectivity index (χ1n) is 8.00. The Morgan fingerprint density at radius 2 is 2.12 bits per heavy atom. The molecule has 5 nitrogen and oxygen atoms in total. The van der Waals surface area contributed by atoms with Crippen molar-refractivity contribution in [3.05, 3.63) is 39.7 Å². The van der Waals surface area contributed by atoms with Crippen LogP contribution in [0.4, 0.5) is 8.78 Å². The number of rotatable bonds is 3. The summed E-state index contributed by atoms with van der Waals surface area (Å²) in [6.45, 7) is 0.575. The highest BCUT2D eigenvalue weighted by molar-refractivity contribution is 7.99. The van der Waals surface area contributed by atoms with Gasteiger partial charge >= 0.3 is 0 Å². The third-order valence-corrected chi connectivity index (χ3v) is 5.55. The number of thioether (sulfide) groups is 1. The van der Waals surface area contributed by atoms with Crippen LogP contribution in [0.25, 0.3) is 10.9 Å². The fraction of sp³-hybridized carbons (Fsp3) is 0.412. The van der Waals surface area contributed by atoms with Crippen LogP contribution < -0.4 is 10.2 Å². The highest BCUT2D eigenvalue weighted by Crippen LogP contribution is 2.40. The molecule has 0 radical (unpaired) electrons. The Bertz CT molecular complexity index is 934. The number of carbonyl (C=O) groups is 1. The number of carbonyl (C=O) groups excluding carboxylic acids is 1. The van der Waals surface area contributed by atoms with Crippen LogP contribution in [-0.2, 0) is 0 Å². The van der Waals surface area contributed by atoms with Crippen molar-refractivity contribution in [2.45, 2.75) is 18.9 Å². The first-order chi connectivity index (χ1) is 12.0. The molecule has 2 aromatic rings. The maximum atomic E-state index is 14.1. The van der Waals surface area contributed by atoms with Crippen LogP contribution in [-0.4, -0.2) is 40.7 Å². The molecule has 0 bridgehead atoms. The predicted molar refractivity (Wildman–Crippen MR) is 91.3 cm³/mol. The van der Waals surface area contributed by atoms with Crippen LogP contribution in [0, 0.1) is 11.6 Å². The predicted octanol–water partition coefficient (Wildman–Crippen LogP) is 2.77. The molecule has 1 saturated heterocycles. The molecule has 0 atom stereocenters. The second-order valence-corrected chi connectivity index (χ2v) is 7.29. The van der Waals surface area contributed by atoms with Crippen LogP contribution in [0.1, 0.15) is 29.2 Å². The Morgan fingerprint density at radius 1 is 1.36 bits per heavy atom. The van der Waals surface area contributed by atoms with Crippen LogP contribution in [0.5, 0.6) is 5.75 Å². The summed E-state index contributed by atoms with van der Waals surface area (Å²) in [7, 11) is 1.24. The van der Waals surface area contributed by atoms with Gasteiger partial charge in [-0.15, -0.1) is 11.8 Å². The number of pyridine rings is 1. The molecule has 0 unspecified atom stereocenters. The number of benzene rings is 1. The molecule has 2 heterocycles. The summed E-state index contributed by atoms with van der Waals surface area (Å²) in [6.07, 6.45) is 3.19. The van der Waals surface area contributed by atoms with E-state index in [2.05, 4.69) is 0 Å². The SMILES string of the molecule is COc1c(F)c(F)cc2c(=O)c(C(=O)N3CCSC3)cn(C3CC3)c12. The molecule has 1 aromatic carbocycles. The summed E-state index contributed by atoms with van der Waals surface area (Å²) < 4.78 is 34.8. The van der Waals surface area contributed by atoms with Gasteiger partial charge in [0.05, 0.1) is 23.9 Å². The number of amides is 1. The second-order valence-electron chi connectivity index (χ2n) is 6.22. The molecular formula is C17H16F2N2O3S. The van der Waals surface area contributed by atoms with Gasteiger partial charge in [-0.3, -0.25) is 9.59 Å². The topological polar surface area (TPSA) is 51.5 Å². The number of ether oxygens (including phenoxy) is 1. The fourth-order valence-electron chi connectivity index (χ4n) is 3.15. The minimum absolute atomic E-state index is 0.00467. The van der Waals surface area contributed by atoms with Gasteiger partial charge < -0.3 is 14.2 Å². The van der Waals surface area contributed by atoms with Crippen LogP contribution in [0.3, 0.4) is 0 Å². The van der Waals surface area contributed by atoms with E-state index >= 15 is 0 Å². The number of hydrogen-bond acceptors (Lipinski definition) is 4. The van der Waals surface area contributed by atoms with Crippen molar-refractivity contribution in [1.82, 2.24) is 9.47 Å². The van der Waals surface area contributed by atoms with Gasteiger partial charge in [0.25, 0.3) is 5.91 Å². The number of nitrogens with zero attached hydrogens (tertiary/aromatic N) is 2. The van der Waals surface area contributed by atoms with Crippen molar-refractivity contribution >= 4 is 28.6 Å². The monoisotopic (exact) mass is 366 g/mol. The van der Waals surface area contributed by atoms with Gasteiger partial charge in [-0.25, -0.2) is 4.39 Å². The van der Waals surface area contributed by atoms with Gasteiger partial charge in [-0.2, -0.15) is 4.39 Å². The van der Waals surface area contributed by atoms with Crippen LogP contribution in [0.15, 0.2) is 17.1 Å². The quantitative estimate of drug-likeness (QED) is 0.838. The molecule has 1 aliphatic carbocycles. The first-order valence-corrected chi connectivity index (χ1v) is 9.16. The number of halogens is 2. The molecule has 0 spiro atoms. The minimum atomic E-state index is -1.16. The van der Waals surface area contributed by atoms with E-state index in [0.717, 1.165) is 24.7 Å². The number of aromatic nitrogens is 1. The normalized spacial score (nSPS) is 17.3. The lowest BCUT2D eigenvalue weighted by atomic mass is 10.1. The van der Waals surface area contributed by atoms with Gasteiger partial charge in [0.15, 0.2) is 11.6 Å². The lowest BCUT2D eigenvalue weighted by Crippen LogP contribution is -2.32. The average Bonchev–Trinajstić information content (AvgIpc) is 3.30. The summed E-state index contributed by atoms with van der Waals surface area (Å²) in [6, 6.07) is 0.922. The van der Waals surface area contributed by atoms with Gasteiger partial charge in [0.2, 0.25) is 11.2 Å². The van der Waals surface area contributed by atoms with Crippen molar-refractivity contribution in [2.24, 2.45) is 0 Å². The maximum Gasteiger partial charge on any atom is 0.260 e. The Morgan fingerprint density at radius 3 is 2.72 bits per heavy atom. The summed E-state index contributed by atoms with van der Waals surface area (Å²) in [5, 5.41) is -0.0275. The average molecular weight is 366 g/mol. The smallest absolute Gasteiger partial charge is 0.260 e. The van der Waals surface area contributed by atoms with E-state index in [9.17, 15) is 18.4 Å². The van der Waals surface area contributed by atoms with Gasteiger partial charge in [0.1, 0.15) is 5.56 Å². The van der Waals surface area contributed by atoms with Crippen molar-refractivity contribution in [3.63, 3.8) is 0 Å². The summed E-state index contributed by atoms with van der Waals surface area (Å²) >= 11 is 1.61. The second kappa shape index (κ2) is 6.01. The van der Waals surface area contributed by atoms with Crippen molar-refractivity contribution < 1.29 is 18.3 Å². The summed E-state index contributed by atoms with van der Waals surface area (Å²) in [4.78, 5) is 27.2. The molecule has 1 aliphatic heterocycles. The molecular weight excluding hydrogens is 350 g/mol. The van der Waals surface area contributed by atoms with E-state index < -0.39 is 17.1 Å².